The second-order valence-electron chi connectivity index (χ2n) is 5.49. The Morgan fingerprint density at radius 1 is 1.37 bits per heavy atom. The molecule has 2 N–H and O–H groups in total. The number of nitrogens with zero attached hydrogens (tertiary/aromatic N) is 1. The summed E-state index contributed by atoms with van der Waals surface area (Å²) in [5.74, 6) is 0.321. The first-order valence-electron chi connectivity index (χ1n) is 6.90. The van der Waals surface area contributed by atoms with Crippen molar-refractivity contribution in [1.82, 2.24) is 4.90 Å². The zero-order valence-electron chi connectivity index (χ0n) is 11.3. The summed E-state index contributed by atoms with van der Waals surface area (Å²) in [7, 11) is 0. The van der Waals surface area contributed by atoms with E-state index in [9.17, 15) is 10.2 Å². The van der Waals surface area contributed by atoms with Crippen LogP contribution in [0.1, 0.15) is 31.4 Å². The van der Waals surface area contributed by atoms with Gasteiger partial charge < -0.3 is 15.1 Å². The fraction of sp³-hybridized carbons (Fsp3) is 0.600. The molecular formula is C15H22ClNO2. The van der Waals surface area contributed by atoms with Crippen LogP contribution in [-0.2, 0) is 0 Å². The van der Waals surface area contributed by atoms with E-state index in [1.54, 1.807) is 12.1 Å². The first kappa shape index (κ1) is 14.8. The Morgan fingerprint density at radius 2 is 2.05 bits per heavy atom. The largest absolute Gasteiger partial charge is 0.393 e. The molecule has 4 heteroatoms. The third kappa shape index (κ3) is 4.18. The monoisotopic (exact) mass is 283 g/mol. The quantitative estimate of drug-likeness (QED) is 0.892. The van der Waals surface area contributed by atoms with Crippen molar-refractivity contribution in [2.24, 2.45) is 5.92 Å². The highest BCUT2D eigenvalue weighted by molar-refractivity contribution is 6.30. The van der Waals surface area contributed by atoms with Crippen molar-refractivity contribution < 1.29 is 10.2 Å². The zero-order valence-corrected chi connectivity index (χ0v) is 12.1. The van der Waals surface area contributed by atoms with Gasteiger partial charge in [0.05, 0.1) is 12.2 Å². The van der Waals surface area contributed by atoms with Gasteiger partial charge in [-0.3, -0.25) is 0 Å². The molecule has 0 saturated carbocycles. The van der Waals surface area contributed by atoms with Gasteiger partial charge in [-0.25, -0.2) is 0 Å². The summed E-state index contributed by atoms with van der Waals surface area (Å²) in [6.45, 7) is 4.76. The molecular weight excluding hydrogens is 262 g/mol. The van der Waals surface area contributed by atoms with Crippen molar-refractivity contribution in [2.45, 2.75) is 32.0 Å². The van der Waals surface area contributed by atoms with Gasteiger partial charge in [-0.1, -0.05) is 30.7 Å². The predicted octanol–water partition coefficient (Wildman–Crippen LogP) is 2.47. The van der Waals surface area contributed by atoms with Gasteiger partial charge in [-0.05, 0) is 36.5 Å². The van der Waals surface area contributed by atoms with E-state index in [1.807, 2.05) is 12.1 Å². The number of benzene rings is 1. The number of rotatable bonds is 4. The van der Waals surface area contributed by atoms with E-state index < -0.39 is 6.10 Å². The molecule has 19 heavy (non-hydrogen) atoms. The Morgan fingerprint density at radius 3 is 2.68 bits per heavy atom. The van der Waals surface area contributed by atoms with Crippen LogP contribution in [0.4, 0.5) is 0 Å². The maximum Gasteiger partial charge on any atom is 0.0802 e. The minimum atomic E-state index is -0.445. The van der Waals surface area contributed by atoms with Crippen molar-refractivity contribution in [2.75, 3.05) is 19.6 Å². The molecule has 0 bridgehead atoms. The standard InChI is InChI=1S/C15H22ClNO2/c1-11-10-17(8-6-14(11)18)9-7-15(19)12-2-4-13(16)5-3-12/h2-5,11,14-15,18-19H,6-10H2,1H3. The Bertz CT molecular complexity index is 396. The summed E-state index contributed by atoms with van der Waals surface area (Å²) in [5, 5.41) is 20.5. The lowest BCUT2D eigenvalue weighted by Crippen LogP contribution is -2.42. The number of piperidine rings is 1. The molecule has 1 saturated heterocycles. The number of halogens is 1. The minimum Gasteiger partial charge on any atom is -0.393 e. The van der Waals surface area contributed by atoms with Crippen molar-refractivity contribution in [1.29, 1.82) is 0 Å². The third-order valence-corrected chi connectivity index (χ3v) is 4.17. The molecule has 1 aliphatic rings. The van der Waals surface area contributed by atoms with Gasteiger partial charge in [0, 0.05) is 24.7 Å². The summed E-state index contributed by atoms with van der Waals surface area (Å²) in [6.07, 6.45) is 0.930. The van der Waals surface area contributed by atoms with Crippen LogP contribution < -0.4 is 0 Å². The van der Waals surface area contributed by atoms with Gasteiger partial charge in [0.1, 0.15) is 0 Å². The Hall–Kier alpha value is -0.610. The average molecular weight is 284 g/mol. The number of likely N-dealkylation sites (tertiary alicyclic amines) is 1. The topological polar surface area (TPSA) is 43.7 Å². The normalized spacial score (nSPS) is 26.3. The maximum absolute atomic E-state index is 10.1. The molecule has 0 amide bonds. The Kier molecular flexibility index (Phi) is 5.22. The smallest absolute Gasteiger partial charge is 0.0802 e. The highest BCUT2D eigenvalue weighted by atomic mass is 35.5. The second-order valence-corrected chi connectivity index (χ2v) is 5.93. The van der Waals surface area contributed by atoms with Gasteiger partial charge in [0.15, 0.2) is 0 Å². The lowest BCUT2D eigenvalue weighted by atomic mass is 9.96. The van der Waals surface area contributed by atoms with Crippen LogP contribution in [0.2, 0.25) is 5.02 Å². The number of hydrogen-bond acceptors (Lipinski definition) is 3. The highest BCUT2D eigenvalue weighted by Crippen LogP contribution is 2.21. The molecule has 0 spiro atoms. The van der Waals surface area contributed by atoms with E-state index in [1.165, 1.54) is 0 Å². The zero-order chi connectivity index (χ0) is 13.8. The number of aliphatic hydroxyl groups is 2. The number of aliphatic hydroxyl groups excluding tert-OH is 2. The van der Waals surface area contributed by atoms with E-state index in [0.29, 0.717) is 17.4 Å². The minimum absolute atomic E-state index is 0.169. The van der Waals surface area contributed by atoms with Gasteiger partial charge in [-0.15, -0.1) is 0 Å². The molecule has 1 heterocycles. The van der Waals surface area contributed by atoms with Crippen LogP contribution in [0.5, 0.6) is 0 Å². The molecule has 0 aromatic heterocycles. The molecule has 1 aromatic rings. The van der Waals surface area contributed by atoms with Crippen molar-refractivity contribution in [3.63, 3.8) is 0 Å². The van der Waals surface area contributed by atoms with E-state index in [4.69, 9.17) is 11.6 Å². The fourth-order valence-electron chi connectivity index (χ4n) is 2.58. The summed E-state index contributed by atoms with van der Waals surface area (Å²) < 4.78 is 0. The number of hydrogen-bond donors (Lipinski definition) is 2. The van der Waals surface area contributed by atoms with Gasteiger partial charge in [0.25, 0.3) is 0 Å². The van der Waals surface area contributed by atoms with E-state index >= 15 is 0 Å². The van der Waals surface area contributed by atoms with Gasteiger partial charge in [-0.2, -0.15) is 0 Å². The summed E-state index contributed by atoms with van der Waals surface area (Å²) in [4.78, 5) is 2.32. The van der Waals surface area contributed by atoms with Crippen LogP contribution >= 0.6 is 11.6 Å². The van der Waals surface area contributed by atoms with Crippen LogP contribution in [0.25, 0.3) is 0 Å². The van der Waals surface area contributed by atoms with Crippen molar-refractivity contribution in [3.05, 3.63) is 34.9 Å². The van der Waals surface area contributed by atoms with Crippen LogP contribution in [0.15, 0.2) is 24.3 Å². The predicted molar refractivity (Wildman–Crippen MR) is 77.3 cm³/mol. The summed E-state index contributed by atoms with van der Waals surface area (Å²) in [6, 6.07) is 7.35. The molecule has 3 atom stereocenters. The summed E-state index contributed by atoms with van der Waals surface area (Å²) >= 11 is 5.83. The van der Waals surface area contributed by atoms with Gasteiger partial charge >= 0.3 is 0 Å². The van der Waals surface area contributed by atoms with Crippen LogP contribution in [0.3, 0.4) is 0 Å². The van der Waals surface area contributed by atoms with Crippen molar-refractivity contribution >= 4 is 11.6 Å². The van der Waals surface area contributed by atoms with E-state index in [-0.39, 0.29) is 6.10 Å². The molecule has 106 valence electrons. The lowest BCUT2D eigenvalue weighted by molar-refractivity contribution is 0.0288. The maximum atomic E-state index is 10.1. The molecule has 1 aromatic carbocycles. The molecule has 2 rings (SSSR count). The van der Waals surface area contributed by atoms with E-state index in [2.05, 4.69) is 11.8 Å². The van der Waals surface area contributed by atoms with Crippen molar-refractivity contribution in [3.8, 4) is 0 Å². The van der Waals surface area contributed by atoms with Crippen LogP contribution in [0, 0.1) is 5.92 Å². The van der Waals surface area contributed by atoms with E-state index in [0.717, 1.165) is 31.6 Å². The fourth-order valence-corrected chi connectivity index (χ4v) is 2.71. The molecule has 1 fully saturated rings. The summed E-state index contributed by atoms with van der Waals surface area (Å²) in [5.41, 5.74) is 0.912. The highest BCUT2D eigenvalue weighted by Gasteiger charge is 2.24. The van der Waals surface area contributed by atoms with Gasteiger partial charge in [0.2, 0.25) is 0 Å². The molecule has 0 aliphatic carbocycles. The lowest BCUT2D eigenvalue weighted by Gasteiger charge is -2.34. The Balaban J connectivity index is 1.80. The first-order valence-corrected chi connectivity index (χ1v) is 7.28. The Labute approximate surface area is 119 Å². The average Bonchev–Trinajstić information content (AvgIpc) is 2.40. The third-order valence-electron chi connectivity index (χ3n) is 3.92. The second kappa shape index (κ2) is 6.71. The molecule has 3 nitrogen and oxygen atoms in total. The molecule has 3 unspecified atom stereocenters. The first-order chi connectivity index (χ1) is 9.06. The molecule has 0 radical (unpaired) electrons. The van der Waals surface area contributed by atoms with Crippen LogP contribution in [-0.4, -0.2) is 40.9 Å². The molecule has 1 aliphatic heterocycles. The SMILES string of the molecule is CC1CN(CCC(O)c2ccc(Cl)cc2)CCC1O.